The standard InChI is InChI=1S/C21H25N3O2/c1-14-8-9-17(21(26)23-18-10-11-22-13-15(18)2)12-19(14)24-20(25)16-6-4-3-5-7-16/h3-9,12,15,18,22H,10-11,13H2,1-2H3,(H,23,26)(H,24,25). The van der Waals surface area contributed by atoms with Crippen LogP contribution < -0.4 is 16.0 Å². The summed E-state index contributed by atoms with van der Waals surface area (Å²) in [4.78, 5) is 25.0. The van der Waals surface area contributed by atoms with Crippen LogP contribution in [0.3, 0.4) is 0 Å². The topological polar surface area (TPSA) is 70.2 Å². The Hall–Kier alpha value is -2.66. The minimum atomic E-state index is -0.182. The maximum absolute atomic E-state index is 12.6. The third-order valence-electron chi connectivity index (χ3n) is 4.89. The Kier molecular flexibility index (Phi) is 5.68. The molecule has 2 aromatic rings. The molecule has 2 atom stereocenters. The van der Waals surface area contributed by atoms with Gasteiger partial charge in [0.2, 0.25) is 0 Å². The van der Waals surface area contributed by atoms with E-state index in [9.17, 15) is 9.59 Å². The Morgan fingerprint density at radius 2 is 1.81 bits per heavy atom. The average molecular weight is 351 g/mol. The summed E-state index contributed by atoms with van der Waals surface area (Å²) < 4.78 is 0. The molecule has 1 saturated heterocycles. The molecule has 136 valence electrons. The molecule has 0 radical (unpaired) electrons. The zero-order valence-electron chi connectivity index (χ0n) is 15.2. The number of amides is 2. The van der Waals surface area contributed by atoms with E-state index in [4.69, 9.17) is 0 Å². The number of hydrogen-bond donors (Lipinski definition) is 3. The monoisotopic (exact) mass is 351 g/mol. The lowest BCUT2D eigenvalue weighted by atomic mass is 9.95. The van der Waals surface area contributed by atoms with Gasteiger partial charge in [-0.25, -0.2) is 0 Å². The molecule has 0 aliphatic carbocycles. The van der Waals surface area contributed by atoms with Crippen LogP contribution in [0.1, 0.15) is 39.6 Å². The first kappa shape index (κ1) is 18.1. The highest BCUT2D eigenvalue weighted by Crippen LogP contribution is 2.19. The van der Waals surface area contributed by atoms with E-state index in [-0.39, 0.29) is 17.9 Å². The second-order valence-corrected chi connectivity index (χ2v) is 6.90. The molecule has 3 rings (SSSR count). The SMILES string of the molecule is Cc1ccc(C(=O)NC2CCNCC2C)cc1NC(=O)c1ccccc1. The van der Waals surface area contributed by atoms with Crippen molar-refractivity contribution in [3.05, 3.63) is 65.2 Å². The maximum Gasteiger partial charge on any atom is 0.255 e. The molecule has 0 spiro atoms. The molecule has 26 heavy (non-hydrogen) atoms. The lowest BCUT2D eigenvalue weighted by Crippen LogP contribution is -2.48. The van der Waals surface area contributed by atoms with Gasteiger partial charge in [0.25, 0.3) is 11.8 Å². The predicted octanol–water partition coefficient (Wildman–Crippen LogP) is 2.98. The Bertz CT molecular complexity index is 789. The molecule has 1 aliphatic heterocycles. The van der Waals surface area contributed by atoms with Gasteiger partial charge in [0.15, 0.2) is 0 Å². The molecule has 1 fully saturated rings. The van der Waals surface area contributed by atoms with Gasteiger partial charge in [0.05, 0.1) is 0 Å². The van der Waals surface area contributed by atoms with E-state index in [1.165, 1.54) is 0 Å². The summed E-state index contributed by atoms with van der Waals surface area (Å²) in [5, 5.41) is 9.36. The zero-order valence-corrected chi connectivity index (χ0v) is 15.2. The fraction of sp³-hybridized carbons (Fsp3) is 0.333. The van der Waals surface area contributed by atoms with Gasteiger partial charge in [-0.2, -0.15) is 0 Å². The van der Waals surface area contributed by atoms with Crippen LogP contribution in [0.25, 0.3) is 0 Å². The van der Waals surface area contributed by atoms with E-state index < -0.39 is 0 Å². The van der Waals surface area contributed by atoms with Crippen molar-refractivity contribution in [2.45, 2.75) is 26.3 Å². The van der Waals surface area contributed by atoms with Gasteiger partial charge in [0.1, 0.15) is 0 Å². The molecule has 1 aliphatic rings. The number of rotatable bonds is 4. The first-order valence-corrected chi connectivity index (χ1v) is 9.03. The number of carbonyl (C=O) groups is 2. The van der Waals surface area contributed by atoms with Crippen molar-refractivity contribution in [2.75, 3.05) is 18.4 Å². The largest absolute Gasteiger partial charge is 0.349 e. The first-order chi connectivity index (χ1) is 12.5. The maximum atomic E-state index is 12.6. The van der Waals surface area contributed by atoms with Crippen molar-refractivity contribution in [2.24, 2.45) is 5.92 Å². The summed E-state index contributed by atoms with van der Waals surface area (Å²) in [5.41, 5.74) is 2.72. The number of piperidine rings is 1. The number of aryl methyl sites for hydroxylation is 1. The average Bonchev–Trinajstić information content (AvgIpc) is 2.66. The third kappa shape index (κ3) is 4.29. The Morgan fingerprint density at radius 3 is 2.54 bits per heavy atom. The minimum Gasteiger partial charge on any atom is -0.349 e. The van der Waals surface area contributed by atoms with E-state index in [1.54, 1.807) is 24.3 Å². The van der Waals surface area contributed by atoms with E-state index in [1.807, 2.05) is 31.2 Å². The van der Waals surface area contributed by atoms with Crippen molar-refractivity contribution >= 4 is 17.5 Å². The van der Waals surface area contributed by atoms with Gasteiger partial charge in [-0.05, 0) is 62.2 Å². The third-order valence-corrected chi connectivity index (χ3v) is 4.89. The molecule has 0 bridgehead atoms. The Labute approximate surface area is 154 Å². The normalized spacial score (nSPS) is 19.6. The number of nitrogens with one attached hydrogen (secondary N) is 3. The summed E-state index contributed by atoms with van der Waals surface area (Å²) in [5.74, 6) is 0.118. The van der Waals surface area contributed by atoms with Crippen LogP contribution in [-0.2, 0) is 0 Å². The molecule has 2 aromatic carbocycles. The van der Waals surface area contributed by atoms with Crippen molar-refractivity contribution in [1.29, 1.82) is 0 Å². The lowest BCUT2D eigenvalue weighted by molar-refractivity contribution is 0.0913. The quantitative estimate of drug-likeness (QED) is 0.793. The molecule has 2 amide bonds. The molecule has 5 heteroatoms. The van der Waals surface area contributed by atoms with Crippen molar-refractivity contribution < 1.29 is 9.59 Å². The minimum absolute atomic E-state index is 0.0982. The van der Waals surface area contributed by atoms with Crippen molar-refractivity contribution in [1.82, 2.24) is 10.6 Å². The highest BCUT2D eigenvalue weighted by Gasteiger charge is 2.23. The van der Waals surface area contributed by atoms with Crippen LogP contribution in [-0.4, -0.2) is 30.9 Å². The van der Waals surface area contributed by atoms with Gasteiger partial charge >= 0.3 is 0 Å². The van der Waals surface area contributed by atoms with Crippen LogP contribution in [0, 0.1) is 12.8 Å². The van der Waals surface area contributed by atoms with Gasteiger partial charge in [-0.3, -0.25) is 9.59 Å². The molecular weight excluding hydrogens is 326 g/mol. The Balaban J connectivity index is 1.72. The van der Waals surface area contributed by atoms with E-state index in [2.05, 4.69) is 22.9 Å². The molecular formula is C21H25N3O2. The van der Waals surface area contributed by atoms with Gasteiger partial charge in [-0.1, -0.05) is 31.2 Å². The van der Waals surface area contributed by atoms with Gasteiger partial charge in [0, 0.05) is 22.9 Å². The van der Waals surface area contributed by atoms with Crippen LogP contribution >= 0.6 is 0 Å². The van der Waals surface area contributed by atoms with E-state index in [0.717, 1.165) is 25.1 Å². The second-order valence-electron chi connectivity index (χ2n) is 6.90. The smallest absolute Gasteiger partial charge is 0.255 e. The summed E-state index contributed by atoms with van der Waals surface area (Å²) in [7, 11) is 0. The highest BCUT2D eigenvalue weighted by molar-refractivity contribution is 6.05. The van der Waals surface area contributed by atoms with Crippen LogP contribution in [0.5, 0.6) is 0 Å². The summed E-state index contributed by atoms with van der Waals surface area (Å²) in [6.07, 6.45) is 0.927. The fourth-order valence-electron chi connectivity index (χ4n) is 3.16. The molecule has 2 unspecified atom stereocenters. The van der Waals surface area contributed by atoms with Crippen molar-refractivity contribution in [3.8, 4) is 0 Å². The van der Waals surface area contributed by atoms with Crippen molar-refractivity contribution in [3.63, 3.8) is 0 Å². The summed E-state index contributed by atoms with van der Waals surface area (Å²) in [6.45, 7) is 5.88. The number of anilines is 1. The number of hydrogen-bond acceptors (Lipinski definition) is 3. The van der Waals surface area contributed by atoms with Gasteiger partial charge in [-0.15, -0.1) is 0 Å². The van der Waals surface area contributed by atoms with Crippen LogP contribution in [0.4, 0.5) is 5.69 Å². The molecule has 5 nitrogen and oxygen atoms in total. The summed E-state index contributed by atoms with van der Waals surface area (Å²) in [6, 6.07) is 14.6. The van der Waals surface area contributed by atoms with E-state index >= 15 is 0 Å². The second kappa shape index (κ2) is 8.15. The van der Waals surface area contributed by atoms with Gasteiger partial charge < -0.3 is 16.0 Å². The van der Waals surface area contributed by atoms with Crippen LogP contribution in [0.2, 0.25) is 0 Å². The highest BCUT2D eigenvalue weighted by atomic mass is 16.2. The molecule has 0 saturated carbocycles. The lowest BCUT2D eigenvalue weighted by Gasteiger charge is -2.30. The molecule has 0 aromatic heterocycles. The molecule has 3 N–H and O–H groups in total. The number of carbonyl (C=O) groups excluding carboxylic acids is 2. The zero-order chi connectivity index (χ0) is 18.5. The Morgan fingerprint density at radius 1 is 1.04 bits per heavy atom. The molecule has 1 heterocycles. The summed E-state index contributed by atoms with van der Waals surface area (Å²) >= 11 is 0. The van der Waals surface area contributed by atoms with E-state index in [0.29, 0.717) is 22.7 Å². The fourth-order valence-corrected chi connectivity index (χ4v) is 3.16. The predicted molar refractivity (Wildman–Crippen MR) is 103 cm³/mol. The van der Waals surface area contributed by atoms with Crippen LogP contribution in [0.15, 0.2) is 48.5 Å². The number of benzene rings is 2. The first-order valence-electron chi connectivity index (χ1n) is 9.03.